The second-order valence-electron chi connectivity index (χ2n) is 6.71. The highest BCUT2D eigenvalue weighted by Crippen LogP contribution is 2.24. The van der Waals surface area contributed by atoms with E-state index in [4.69, 9.17) is 0 Å². The number of nitrogens with zero attached hydrogens (tertiary/aromatic N) is 1. The van der Waals surface area contributed by atoms with Crippen LogP contribution in [0.4, 0.5) is 4.39 Å². The molecule has 0 saturated carbocycles. The van der Waals surface area contributed by atoms with Crippen LogP contribution in [0.25, 0.3) is 0 Å². The molecule has 0 aromatic heterocycles. The quantitative estimate of drug-likeness (QED) is 0.851. The Bertz CT molecular complexity index is 412. The summed E-state index contributed by atoms with van der Waals surface area (Å²) < 4.78 is 13.3. The van der Waals surface area contributed by atoms with E-state index < -0.39 is 0 Å². The number of hydrogen-bond donors (Lipinski definition) is 1. The van der Waals surface area contributed by atoms with Gasteiger partial charge in [0.1, 0.15) is 5.82 Å². The summed E-state index contributed by atoms with van der Waals surface area (Å²) >= 11 is 0. The van der Waals surface area contributed by atoms with Gasteiger partial charge >= 0.3 is 0 Å². The van der Waals surface area contributed by atoms with Crippen LogP contribution in [0.3, 0.4) is 0 Å². The summed E-state index contributed by atoms with van der Waals surface area (Å²) in [7, 11) is 4.09. The molecular formula is C17H29FN2. The van der Waals surface area contributed by atoms with Crippen LogP contribution in [0, 0.1) is 11.2 Å². The Kier molecular flexibility index (Phi) is 6.15. The SMILES string of the molecule is CNC(CCN(C)C(C)C(C)(C)C)c1cccc(F)c1. The molecule has 0 bridgehead atoms. The predicted octanol–water partition coefficient (Wildman–Crippen LogP) is 3.84. The molecular weight excluding hydrogens is 251 g/mol. The number of benzene rings is 1. The van der Waals surface area contributed by atoms with E-state index in [1.54, 1.807) is 12.1 Å². The summed E-state index contributed by atoms with van der Waals surface area (Å²) in [6.07, 6.45) is 0.969. The third-order valence-corrected chi connectivity index (χ3v) is 4.28. The van der Waals surface area contributed by atoms with E-state index in [0.717, 1.165) is 18.5 Å². The van der Waals surface area contributed by atoms with E-state index >= 15 is 0 Å². The molecule has 0 spiro atoms. The Hall–Kier alpha value is -0.930. The third kappa shape index (κ3) is 4.88. The van der Waals surface area contributed by atoms with E-state index in [2.05, 4.69) is 45.0 Å². The van der Waals surface area contributed by atoms with Gasteiger partial charge in [0.25, 0.3) is 0 Å². The Balaban J connectivity index is 2.62. The Morgan fingerprint density at radius 2 is 1.95 bits per heavy atom. The van der Waals surface area contributed by atoms with E-state index in [1.165, 1.54) is 6.07 Å². The van der Waals surface area contributed by atoms with Crippen molar-refractivity contribution in [1.29, 1.82) is 0 Å². The fraction of sp³-hybridized carbons (Fsp3) is 0.647. The summed E-state index contributed by atoms with van der Waals surface area (Å²) in [4.78, 5) is 2.38. The molecule has 0 aliphatic carbocycles. The van der Waals surface area contributed by atoms with Gasteiger partial charge in [-0.1, -0.05) is 32.9 Å². The van der Waals surface area contributed by atoms with Crippen LogP contribution in [0.2, 0.25) is 0 Å². The molecule has 0 saturated heterocycles. The first-order valence-electron chi connectivity index (χ1n) is 7.38. The Morgan fingerprint density at radius 3 is 2.45 bits per heavy atom. The van der Waals surface area contributed by atoms with Crippen LogP contribution >= 0.6 is 0 Å². The molecule has 1 aromatic rings. The van der Waals surface area contributed by atoms with Crippen molar-refractivity contribution in [3.63, 3.8) is 0 Å². The summed E-state index contributed by atoms with van der Waals surface area (Å²) in [5.74, 6) is -0.167. The van der Waals surface area contributed by atoms with Gasteiger partial charge in [-0.15, -0.1) is 0 Å². The van der Waals surface area contributed by atoms with Gasteiger partial charge in [-0.05, 0) is 57.1 Å². The molecule has 1 rings (SSSR count). The van der Waals surface area contributed by atoms with Crippen molar-refractivity contribution in [1.82, 2.24) is 10.2 Å². The average Bonchev–Trinajstić information content (AvgIpc) is 2.37. The van der Waals surface area contributed by atoms with Crippen molar-refractivity contribution >= 4 is 0 Å². The van der Waals surface area contributed by atoms with Crippen molar-refractivity contribution in [2.45, 2.75) is 46.2 Å². The zero-order chi connectivity index (χ0) is 15.3. The lowest BCUT2D eigenvalue weighted by molar-refractivity contribution is 0.136. The second-order valence-corrected chi connectivity index (χ2v) is 6.71. The molecule has 1 N–H and O–H groups in total. The fourth-order valence-electron chi connectivity index (χ4n) is 2.39. The molecule has 0 aliphatic heterocycles. The number of halogens is 1. The minimum atomic E-state index is -0.167. The van der Waals surface area contributed by atoms with E-state index in [-0.39, 0.29) is 17.3 Å². The largest absolute Gasteiger partial charge is 0.313 e. The van der Waals surface area contributed by atoms with Gasteiger partial charge in [-0.3, -0.25) is 0 Å². The maximum Gasteiger partial charge on any atom is 0.123 e. The minimum absolute atomic E-state index is 0.167. The van der Waals surface area contributed by atoms with Crippen molar-refractivity contribution in [3.8, 4) is 0 Å². The third-order valence-electron chi connectivity index (χ3n) is 4.28. The van der Waals surface area contributed by atoms with E-state index in [0.29, 0.717) is 6.04 Å². The summed E-state index contributed by atoms with van der Waals surface area (Å²) in [6.45, 7) is 10.0. The van der Waals surface area contributed by atoms with E-state index in [1.807, 2.05) is 13.1 Å². The molecule has 114 valence electrons. The molecule has 3 heteroatoms. The molecule has 0 amide bonds. The van der Waals surface area contributed by atoms with E-state index in [9.17, 15) is 4.39 Å². The van der Waals surface area contributed by atoms with Gasteiger partial charge in [-0.25, -0.2) is 4.39 Å². The fourth-order valence-corrected chi connectivity index (χ4v) is 2.39. The molecule has 0 heterocycles. The van der Waals surface area contributed by atoms with Gasteiger partial charge in [0.05, 0.1) is 0 Å². The van der Waals surface area contributed by atoms with Crippen LogP contribution < -0.4 is 5.32 Å². The highest BCUT2D eigenvalue weighted by atomic mass is 19.1. The number of rotatable bonds is 6. The maximum absolute atomic E-state index is 13.3. The molecule has 0 aliphatic rings. The zero-order valence-corrected chi connectivity index (χ0v) is 13.7. The maximum atomic E-state index is 13.3. The molecule has 2 unspecified atom stereocenters. The molecule has 2 atom stereocenters. The average molecular weight is 280 g/mol. The lowest BCUT2D eigenvalue weighted by atomic mass is 9.87. The van der Waals surface area contributed by atoms with Crippen molar-refractivity contribution in [2.75, 3.05) is 20.6 Å². The lowest BCUT2D eigenvalue weighted by Gasteiger charge is -2.36. The Morgan fingerprint density at radius 1 is 1.30 bits per heavy atom. The van der Waals surface area contributed by atoms with Crippen LogP contribution in [0.1, 0.15) is 45.7 Å². The van der Waals surface area contributed by atoms with Crippen LogP contribution in [0.5, 0.6) is 0 Å². The van der Waals surface area contributed by atoms with Gasteiger partial charge in [0.15, 0.2) is 0 Å². The van der Waals surface area contributed by atoms with Crippen LogP contribution in [0.15, 0.2) is 24.3 Å². The molecule has 1 aromatic carbocycles. The standard InChI is InChI=1S/C17H29FN2/c1-13(17(2,3)4)20(6)11-10-16(19-5)14-8-7-9-15(18)12-14/h7-9,12-13,16,19H,10-11H2,1-6H3. The first-order valence-corrected chi connectivity index (χ1v) is 7.38. The first-order chi connectivity index (χ1) is 9.25. The van der Waals surface area contributed by atoms with Crippen LogP contribution in [-0.4, -0.2) is 31.6 Å². The monoisotopic (exact) mass is 280 g/mol. The molecule has 20 heavy (non-hydrogen) atoms. The van der Waals surface area contributed by atoms with Gasteiger partial charge < -0.3 is 10.2 Å². The summed E-state index contributed by atoms with van der Waals surface area (Å²) in [5, 5.41) is 3.29. The zero-order valence-electron chi connectivity index (χ0n) is 13.7. The normalized spacial score (nSPS) is 15.4. The number of hydrogen-bond acceptors (Lipinski definition) is 2. The molecule has 2 nitrogen and oxygen atoms in total. The predicted molar refractivity (Wildman–Crippen MR) is 84.4 cm³/mol. The smallest absolute Gasteiger partial charge is 0.123 e. The van der Waals surface area contributed by atoms with Crippen molar-refractivity contribution in [2.24, 2.45) is 5.41 Å². The highest BCUT2D eigenvalue weighted by molar-refractivity contribution is 5.20. The number of nitrogens with one attached hydrogen (secondary N) is 1. The van der Waals surface area contributed by atoms with Crippen molar-refractivity contribution < 1.29 is 4.39 Å². The van der Waals surface area contributed by atoms with Gasteiger partial charge in [-0.2, -0.15) is 0 Å². The molecule has 0 fully saturated rings. The van der Waals surface area contributed by atoms with Crippen LogP contribution in [-0.2, 0) is 0 Å². The first kappa shape index (κ1) is 17.1. The second kappa shape index (κ2) is 7.19. The minimum Gasteiger partial charge on any atom is -0.313 e. The highest BCUT2D eigenvalue weighted by Gasteiger charge is 2.24. The molecule has 0 radical (unpaired) electrons. The summed E-state index contributed by atoms with van der Waals surface area (Å²) in [5.41, 5.74) is 1.28. The summed E-state index contributed by atoms with van der Waals surface area (Å²) in [6, 6.07) is 7.57. The van der Waals surface area contributed by atoms with Gasteiger partial charge in [0, 0.05) is 12.1 Å². The van der Waals surface area contributed by atoms with Crippen molar-refractivity contribution in [3.05, 3.63) is 35.6 Å². The lowest BCUT2D eigenvalue weighted by Crippen LogP contribution is -2.40. The Labute approximate surface area is 123 Å². The topological polar surface area (TPSA) is 15.3 Å². The van der Waals surface area contributed by atoms with Gasteiger partial charge in [0.2, 0.25) is 0 Å².